The van der Waals surface area contributed by atoms with Crippen molar-refractivity contribution in [1.29, 1.82) is 0 Å². The Morgan fingerprint density at radius 3 is 1.97 bits per heavy atom. The minimum absolute atomic E-state index is 0.152. The molecular formula is C25H51NO4. The van der Waals surface area contributed by atoms with Crippen molar-refractivity contribution in [2.45, 2.75) is 124 Å². The highest BCUT2D eigenvalue weighted by atomic mass is 16.6. The molecule has 30 heavy (non-hydrogen) atoms. The van der Waals surface area contributed by atoms with Crippen molar-refractivity contribution >= 4 is 6.09 Å². The molecule has 0 aliphatic rings. The molecule has 0 bridgehead atoms. The van der Waals surface area contributed by atoms with Crippen molar-refractivity contribution in [1.82, 2.24) is 5.32 Å². The van der Waals surface area contributed by atoms with E-state index in [1.165, 1.54) is 38.5 Å². The fraction of sp³-hybridized carbons (Fsp3) is 0.960. The lowest BCUT2D eigenvalue weighted by molar-refractivity contribution is -0.0662. The monoisotopic (exact) mass is 429 g/mol. The summed E-state index contributed by atoms with van der Waals surface area (Å²) in [5.74, 6) is 0. The lowest BCUT2D eigenvalue weighted by Gasteiger charge is -2.30. The quantitative estimate of drug-likeness (QED) is 0.241. The number of ether oxygens (including phenoxy) is 3. The number of carbonyl (C=O) groups excluding carboxylic acids is 1. The van der Waals surface area contributed by atoms with Crippen LogP contribution in [0.3, 0.4) is 0 Å². The number of hydrogen-bond donors (Lipinski definition) is 1. The Labute approximate surface area is 187 Å². The van der Waals surface area contributed by atoms with E-state index >= 15 is 0 Å². The number of amides is 1. The standard InChI is InChI=1S/C25H51NO4/c1-9-11-13-14-16-25(7,15-12-10-2)21-26-22(27)29-19-17-24(5,6)30-20-18-23(3,4)28-8/h9-21H2,1-8H3,(H,26,27). The first-order valence-corrected chi connectivity index (χ1v) is 12.1. The number of nitrogens with one attached hydrogen (secondary N) is 1. The zero-order valence-electron chi connectivity index (χ0n) is 21.3. The second-order valence-electron chi connectivity index (χ2n) is 10.3. The van der Waals surface area contributed by atoms with E-state index in [4.69, 9.17) is 14.2 Å². The lowest BCUT2D eigenvalue weighted by Crippen LogP contribution is -2.37. The largest absolute Gasteiger partial charge is 0.449 e. The van der Waals surface area contributed by atoms with Gasteiger partial charge < -0.3 is 19.5 Å². The summed E-state index contributed by atoms with van der Waals surface area (Å²) in [5.41, 5.74) is -0.369. The van der Waals surface area contributed by atoms with Crippen molar-refractivity contribution in [3.8, 4) is 0 Å². The summed E-state index contributed by atoms with van der Waals surface area (Å²) >= 11 is 0. The Morgan fingerprint density at radius 1 is 0.767 bits per heavy atom. The van der Waals surface area contributed by atoms with Crippen molar-refractivity contribution in [2.75, 3.05) is 26.9 Å². The molecule has 0 heterocycles. The van der Waals surface area contributed by atoms with Crippen LogP contribution in [0.1, 0.15) is 113 Å². The summed E-state index contributed by atoms with van der Waals surface area (Å²) in [5, 5.41) is 3.01. The van der Waals surface area contributed by atoms with Crippen LogP contribution >= 0.6 is 0 Å². The van der Waals surface area contributed by atoms with Crippen LogP contribution in [-0.4, -0.2) is 44.2 Å². The molecular weight excluding hydrogens is 378 g/mol. The Morgan fingerprint density at radius 2 is 1.37 bits per heavy atom. The second-order valence-corrected chi connectivity index (χ2v) is 10.3. The Balaban J connectivity index is 4.26. The van der Waals surface area contributed by atoms with Gasteiger partial charge in [-0.25, -0.2) is 4.79 Å². The summed E-state index contributed by atoms with van der Waals surface area (Å²) in [7, 11) is 1.72. The SMILES string of the molecule is CCCCCCC(C)(CCCC)CNC(=O)OCCC(C)(C)OCCC(C)(C)OC. The van der Waals surface area contributed by atoms with E-state index in [2.05, 4.69) is 39.9 Å². The fourth-order valence-corrected chi connectivity index (χ4v) is 3.36. The first-order valence-electron chi connectivity index (χ1n) is 12.1. The van der Waals surface area contributed by atoms with E-state index in [1.54, 1.807) is 7.11 Å². The summed E-state index contributed by atoms with van der Waals surface area (Å²) < 4.78 is 16.8. The van der Waals surface area contributed by atoms with Gasteiger partial charge in [0.2, 0.25) is 0 Å². The molecule has 0 radical (unpaired) electrons. The fourth-order valence-electron chi connectivity index (χ4n) is 3.36. The smallest absolute Gasteiger partial charge is 0.407 e. The van der Waals surface area contributed by atoms with Gasteiger partial charge in [0.15, 0.2) is 0 Å². The van der Waals surface area contributed by atoms with Crippen LogP contribution in [0, 0.1) is 5.41 Å². The maximum Gasteiger partial charge on any atom is 0.407 e. The van der Waals surface area contributed by atoms with Gasteiger partial charge in [-0.1, -0.05) is 59.3 Å². The minimum Gasteiger partial charge on any atom is -0.449 e. The highest BCUT2D eigenvalue weighted by Crippen LogP contribution is 2.30. The molecule has 1 amide bonds. The van der Waals surface area contributed by atoms with Gasteiger partial charge in [-0.2, -0.15) is 0 Å². The van der Waals surface area contributed by atoms with Crippen LogP contribution in [0.25, 0.3) is 0 Å². The first-order chi connectivity index (χ1) is 14.0. The van der Waals surface area contributed by atoms with E-state index in [9.17, 15) is 4.79 Å². The van der Waals surface area contributed by atoms with Crippen LogP contribution in [0.15, 0.2) is 0 Å². The highest BCUT2D eigenvalue weighted by Gasteiger charge is 2.25. The molecule has 5 nitrogen and oxygen atoms in total. The topological polar surface area (TPSA) is 56.8 Å². The van der Waals surface area contributed by atoms with Crippen molar-refractivity contribution in [2.24, 2.45) is 5.41 Å². The normalized spacial score (nSPS) is 14.4. The van der Waals surface area contributed by atoms with Gasteiger partial charge in [0.05, 0.1) is 24.4 Å². The number of alkyl carbamates (subject to hydrolysis) is 1. The molecule has 1 atom stereocenters. The zero-order valence-corrected chi connectivity index (χ0v) is 21.3. The van der Waals surface area contributed by atoms with E-state index < -0.39 is 0 Å². The number of rotatable bonds is 18. The third kappa shape index (κ3) is 15.1. The summed E-state index contributed by atoms with van der Waals surface area (Å²) in [6.07, 6.45) is 10.9. The molecule has 0 fully saturated rings. The predicted octanol–water partition coefficient (Wildman–Crippen LogP) is 6.88. The molecule has 0 rings (SSSR count). The van der Waals surface area contributed by atoms with E-state index in [-0.39, 0.29) is 22.7 Å². The molecule has 0 spiro atoms. The molecule has 5 heteroatoms. The van der Waals surface area contributed by atoms with Crippen LogP contribution in [0.2, 0.25) is 0 Å². The molecule has 0 saturated heterocycles. The third-order valence-electron chi connectivity index (χ3n) is 6.11. The second kappa shape index (κ2) is 15.1. The number of unbranched alkanes of at least 4 members (excludes halogenated alkanes) is 4. The van der Waals surface area contributed by atoms with Gasteiger partial charge in [0.25, 0.3) is 0 Å². The van der Waals surface area contributed by atoms with Gasteiger partial charge in [-0.3, -0.25) is 0 Å². The molecule has 0 aromatic rings. The van der Waals surface area contributed by atoms with Crippen molar-refractivity contribution in [3.05, 3.63) is 0 Å². The summed E-state index contributed by atoms with van der Waals surface area (Å²) in [6.45, 7) is 16.6. The average Bonchev–Trinajstić information content (AvgIpc) is 2.68. The third-order valence-corrected chi connectivity index (χ3v) is 6.11. The molecule has 0 aliphatic heterocycles. The zero-order chi connectivity index (χ0) is 23.1. The average molecular weight is 430 g/mol. The van der Waals surface area contributed by atoms with E-state index in [1.807, 2.05) is 13.8 Å². The first kappa shape index (κ1) is 29.2. The van der Waals surface area contributed by atoms with Crippen LogP contribution in [0.4, 0.5) is 4.79 Å². The van der Waals surface area contributed by atoms with Crippen molar-refractivity contribution < 1.29 is 19.0 Å². The molecule has 1 unspecified atom stereocenters. The summed E-state index contributed by atoms with van der Waals surface area (Å²) in [6, 6.07) is 0. The van der Waals surface area contributed by atoms with E-state index in [0.717, 1.165) is 19.3 Å². The van der Waals surface area contributed by atoms with Crippen LogP contribution in [-0.2, 0) is 14.2 Å². The van der Waals surface area contributed by atoms with Crippen LogP contribution < -0.4 is 5.32 Å². The highest BCUT2D eigenvalue weighted by molar-refractivity contribution is 5.67. The molecule has 180 valence electrons. The molecule has 0 aromatic carbocycles. The van der Waals surface area contributed by atoms with Gasteiger partial charge in [0, 0.05) is 20.1 Å². The number of carbonyl (C=O) groups is 1. The van der Waals surface area contributed by atoms with Gasteiger partial charge >= 0.3 is 6.09 Å². The number of methoxy groups -OCH3 is 1. The van der Waals surface area contributed by atoms with E-state index in [0.29, 0.717) is 26.2 Å². The molecule has 0 saturated carbocycles. The van der Waals surface area contributed by atoms with Crippen LogP contribution in [0.5, 0.6) is 0 Å². The maximum absolute atomic E-state index is 12.2. The lowest BCUT2D eigenvalue weighted by atomic mass is 9.80. The number of hydrogen-bond acceptors (Lipinski definition) is 4. The summed E-state index contributed by atoms with van der Waals surface area (Å²) in [4.78, 5) is 12.2. The maximum atomic E-state index is 12.2. The van der Waals surface area contributed by atoms with Crippen molar-refractivity contribution in [3.63, 3.8) is 0 Å². The van der Waals surface area contributed by atoms with Gasteiger partial charge in [0.1, 0.15) is 0 Å². The minimum atomic E-state index is -0.334. The van der Waals surface area contributed by atoms with Gasteiger partial charge in [-0.15, -0.1) is 0 Å². The van der Waals surface area contributed by atoms with Gasteiger partial charge in [-0.05, 0) is 52.4 Å². The predicted molar refractivity (Wildman–Crippen MR) is 126 cm³/mol. The molecule has 1 N–H and O–H groups in total. The molecule has 0 aliphatic carbocycles. The Hall–Kier alpha value is -0.810. The Kier molecular flexibility index (Phi) is 14.7. The Bertz CT molecular complexity index is 450. The molecule has 0 aromatic heterocycles.